The fourth-order valence-electron chi connectivity index (χ4n) is 3.52. The highest BCUT2D eigenvalue weighted by Gasteiger charge is 2.33. The van der Waals surface area contributed by atoms with Crippen LogP contribution in [0.15, 0.2) is 17.5 Å². The molecule has 0 fully saturated rings. The van der Waals surface area contributed by atoms with Crippen molar-refractivity contribution in [1.82, 2.24) is 25.9 Å². The summed E-state index contributed by atoms with van der Waals surface area (Å²) in [6.45, 7) is 3.63. The molecule has 5 unspecified atom stereocenters. The number of carbonyl (C=O) groups is 5. The summed E-state index contributed by atoms with van der Waals surface area (Å²) >= 11 is 0. The predicted octanol–water partition coefficient (Wildman–Crippen LogP) is -2.22. The first-order chi connectivity index (χ1) is 18.3. The Kier molecular flexibility index (Phi) is 14.0. The van der Waals surface area contributed by atoms with Crippen LogP contribution in [0.3, 0.4) is 0 Å². The summed E-state index contributed by atoms with van der Waals surface area (Å²) in [4.78, 5) is 72.1. The molecule has 1 aromatic rings. The number of aliphatic carboxylic acids is 2. The molecule has 0 radical (unpaired) electrons. The van der Waals surface area contributed by atoms with Gasteiger partial charge in [-0.3, -0.25) is 24.2 Å². The summed E-state index contributed by atoms with van der Waals surface area (Å²) in [6, 6.07) is -4.80. The minimum absolute atomic E-state index is 0.0323. The summed E-state index contributed by atoms with van der Waals surface area (Å²) < 4.78 is 0. The van der Waals surface area contributed by atoms with Gasteiger partial charge in [-0.15, -0.1) is 0 Å². The summed E-state index contributed by atoms with van der Waals surface area (Å²) in [5.41, 5.74) is 17.0. The van der Waals surface area contributed by atoms with Gasteiger partial charge in [-0.1, -0.05) is 20.3 Å². The van der Waals surface area contributed by atoms with Gasteiger partial charge in [0.25, 0.3) is 0 Å². The molecule has 16 heteroatoms. The van der Waals surface area contributed by atoms with Crippen LogP contribution in [0.25, 0.3) is 0 Å². The van der Waals surface area contributed by atoms with Crippen LogP contribution in [0, 0.1) is 5.92 Å². The largest absolute Gasteiger partial charge is 0.481 e. The fourth-order valence-corrected chi connectivity index (χ4v) is 3.52. The van der Waals surface area contributed by atoms with Gasteiger partial charge < -0.3 is 48.3 Å². The van der Waals surface area contributed by atoms with E-state index in [0.717, 1.165) is 0 Å². The van der Waals surface area contributed by atoms with Gasteiger partial charge in [0.1, 0.15) is 18.1 Å². The van der Waals surface area contributed by atoms with Gasteiger partial charge in [-0.2, -0.15) is 0 Å². The number of carboxylic acids is 2. The Bertz CT molecular complexity index is 996. The first-order valence-electron chi connectivity index (χ1n) is 12.5. The van der Waals surface area contributed by atoms with Crippen LogP contribution < -0.4 is 33.2 Å². The molecule has 0 saturated carbocycles. The molecule has 12 N–H and O–H groups in total. The molecule has 0 aliphatic heterocycles. The molecule has 0 saturated heterocycles. The lowest BCUT2D eigenvalue weighted by molar-refractivity contribution is -0.143. The third-order valence-electron chi connectivity index (χ3n) is 5.96. The molecule has 1 aromatic heterocycles. The average Bonchev–Trinajstić information content (AvgIpc) is 3.38. The third-order valence-corrected chi connectivity index (χ3v) is 5.96. The van der Waals surface area contributed by atoms with Crippen molar-refractivity contribution < 1.29 is 34.2 Å². The first kappa shape index (κ1) is 32.8. The quantitative estimate of drug-likeness (QED) is 0.0533. The number of H-pyrrole nitrogens is 1. The zero-order valence-corrected chi connectivity index (χ0v) is 22.1. The topological polar surface area (TPSA) is 281 Å². The highest BCUT2D eigenvalue weighted by molar-refractivity contribution is 5.94. The average molecular weight is 554 g/mol. The van der Waals surface area contributed by atoms with Gasteiger partial charge in [-0.25, -0.2) is 9.78 Å². The SMILES string of the molecule is CCC(C)C(NC(=O)C(CCC(=O)O)NC(=O)C(N)Cc1cnc[nH]1)C(=O)NC(CCCN=C(N)N)C(=O)O. The second kappa shape index (κ2) is 16.6. The molecule has 1 rings (SSSR count). The van der Waals surface area contributed by atoms with Crippen LogP contribution in [-0.4, -0.2) is 86.5 Å². The van der Waals surface area contributed by atoms with Crippen molar-refractivity contribution in [2.24, 2.45) is 28.1 Å². The van der Waals surface area contributed by atoms with Crippen molar-refractivity contribution in [3.05, 3.63) is 18.2 Å². The number of amides is 3. The van der Waals surface area contributed by atoms with Crippen LogP contribution in [0.2, 0.25) is 0 Å². The summed E-state index contributed by atoms with van der Waals surface area (Å²) in [5, 5.41) is 26.1. The molecule has 3 amide bonds. The molecule has 1 heterocycles. The standard InChI is InChI=1S/C23H39N9O7/c1-3-12(2)18(21(37)31-16(22(38)39)5-4-8-28-23(25)26)32-20(36)15(6-7-17(33)34)30-19(35)14(24)9-13-10-27-11-29-13/h10-12,14-16,18H,3-9,24H2,1-2H3,(H,27,29)(H,30,35)(H,31,37)(H,32,36)(H,33,34)(H,38,39)(H4,25,26,28). The van der Waals surface area contributed by atoms with Crippen molar-refractivity contribution in [2.75, 3.05) is 6.54 Å². The molecule has 0 aliphatic carbocycles. The Morgan fingerprint density at radius 3 is 2.23 bits per heavy atom. The van der Waals surface area contributed by atoms with Crippen molar-refractivity contribution in [1.29, 1.82) is 0 Å². The van der Waals surface area contributed by atoms with Crippen molar-refractivity contribution >= 4 is 35.6 Å². The molecule has 16 nitrogen and oxygen atoms in total. The smallest absolute Gasteiger partial charge is 0.326 e. The number of imidazole rings is 1. The number of nitrogens with one attached hydrogen (secondary N) is 4. The zero-order valence-electron chi connectivity index (χ0n) is 22.1. The number of aromatic nitrogens is 2. The number of aliphatic imine (C=N–C) groups is 1. The van der Waals surface area contributed by atoms with Crippen LogP contribution in [-0.2, 0) is 30.4 Å². The maximum atomic E-state index is 13.1. The third kappa shape index (κ3) is 12.3. The Labute approximate surface area is 225 Å². The Morgan fingerprint density at radius 2 is 1.69 bits per heavy atom. The maximum Gasteiger partial charge on any atom is 0.326 e. The lowest BCUT2D eigenvalue weighted by atomic mass is 9.96. The van der Waals surface area contributed by atoms with E-state index in [-0.39, 0.29) is 38.2 Å². The van der Waals surface area contributed by atoms with E-state index in [4.69, 9.17) is 22.3 Å². The van der Waals surface area contributed by atoms with Gasteiger partial charge in [0.2, 0.25) is 17.7 Å². The van der Waals surface area contributed by atoms with E-state index in [2.05, 4.69) is 30.9 Å². The van der Waals surface area contributed by atoms with Crippen molar-refractivity contribution in [3.8, 4) is 0 Å². The van der Waals surface area contributed by atoms with E-state index in [1.807, 2.05) is 0 Å². The number of aromatic amines is 1. The van der Waals surface area contributed by atoms with Gasteiger partial charge >= 0.3 is 11.9 Å². The summed E-state index contributed by atoms with van der Waals surface area (Å²) in [6.07, 6.45) is 3.05. The van der Waals surface area contributed by atoms with Crippen molar-refractivity contribution in [3.63, 3.8) is 0 Å². The molecule has 0 aliphatic rings. The molecule has 218 valence electrons. The lowest BCUT2D eigenvalue weighted by Crippen LogP contribution is -2.58. The van der Waals surface area contributed by atoms with Gasteiger partial charge in [0.05, 0.1) is 12.4 Å². The number of hydrogen-bond acceptors (Lipinski definition) is 8. The number of carboxylic acid groups (broad SMARTS) is 2. The maximum absolute atomic E-state index is 13.1. The van der Waals surface area contributed by atoms with Crippen LogP contribution in [0.4, 0.5) is 0 Å². The second-order valence-electron chi connectivity index (χ2n) is 9.10. The molecule has 0 bridgehead atoms. The van der Waals surface area contributed by atoms with Crippen LogP contribution in [0.5, 0.6) is 0 Å². The highest BCUT2D eigenvalue weighted by atomic mass is 16.4. The molecule has 39 heavy (non-hydrogen) atoms. The normalized spacial score (nSPS) is 14.6. The lowest BCUT2D eigenvalue weighted by Gasteiger charge is -2.28. The van der Waals surface area contributed by atoms with Gasteiger partial charge in [-0.05, 0) is 25.2 Å². The van der Waals surface area contributed by atoms with Crippen LogP contribution in [0.1, 0.15) is 51.6 Å². The molecule has 0 aromatic carbocycles. The fraction of sp³-hybridized carbons (Fsp3) is 0.609. The molecule has 0 spiro atoms. The van der Waals surface area contributed by atoms with E-state index in [9.17, 15) is 29.1 Å². The second-order valence-corrected chi connectivity index (χ2v) is 9.10. The Hall–Kier alpha value is -4.21. The summed E-state index contributed by atoms with van der Waals surface area (Å²) in [7, 11) is 0. The minimum Gasteiger partial charge on any atom is -0.481 e. The Morgan fingerprint density at radius 1 is 1.03 bits per heavy atom. The monoisotopic (exact) mass is 553 g/mol. The highest BCUT2D eigenvalue weighted by Crippen LogP contribution is 2.11. The van der Waals surface area contributed by atoms with E-state index >= 15 is 0 Å². The summed E-state index contributed by atoms with van der Waals surface area (Å²) in [5.74, 6) is -5.29. The number of carbonyl (C=O) groups excluding carboxylic acids is 3. The number of hydrogen-bond donors (Lipinski definition) is 9. The number of nitrogens with zero attached hydrogens (tertiary/aromatic N) is 2. The van der Waals surface area contributed by atoms with E-state index in [1.54, 1.807) is 13.8 Å². The Balaban J connectivity index is 2.97. The zero-order chi connectivity index (χ0) is 29.5. The van der Waals surface area contributed by atoms with Crippen molar-refractivity contribution in [2.45, 2.75) is 76.5 Å². The number of nitrogens with two attached hydrogens (primary N) is 3. The molecular weight excluding hydrogens is 514 g/mol. The van der Waals surface area contributed by atoms with E-state index < -0.39 is 66.2 Å². The van der Waals surface area contributed by atoms with Gasteiger partial charge in [0.15, 0.2) is 5.96 Å². The number of rotatable bonds is 18. The minimum atomic E-state index is -1.31. The van der Waals surface area contributed by atoms with E-state index in [0.29, 0.717) is 12.1 Å². The molecular formula is C23H39N9O7. The van der Waals surface area contributed by atoms with E-state index in [1.165, 1.54) is 12.5 Å². The van der Waals surface area contributed by atoms with Gasteiger partial charge in [0, 0.05) is 31.3 Å². The molecule has 5 atom stereocenters. The first-order valence-corrected chi connectivity index (χ1v) is 12.5. The number of guanidine groups is 1. The predicted molar refractivity (Wildman–Crippen MR) is 140 cm³/mol. The van der Waals surface area contributed by atoms with Crippen LogP contribution >= 0.6 is 0 Å².